The Morgan fingerprint density at radius 3 is 2.64 bits per heavy atom. The minimum Gasteiger partial charge on any atom is -0.328 e. The van der Waals surface area contributed by atoms with E-state index in [2.05, 4.69) is 20.4 Å². The number of hydrogen-bond acceptors (Lipinski definition) is 5. The van der Waals surface area contributed by atoms with Crippen LogP contribution in [0.25, 0.3) is 11.4 Å². The Morgan fingerprint density at radius 2 is 1.91 bits per heavy atom. The van der Waals surface area contributed by atoms with Gasteiger partial charge in [-0.1, -0.05) is 5.16 Å². The van der Waals surface area contributed by atoms with Crippen molar-refractivity contribution in [2.45, 2.75) is 0 Å². The molecule has 1 N–H and O–H groups in total. The van der Waals surface area contributed by atoms with Gasteiger partial charge in [0.25, 0.3) is 0 Å². The molecule has 1 amide bonds. The summed E-state index contributed by atoms with van der Waals surface area (Å²) in [5.41, 5.74) is 0.431. The number of pyridine rings is 1. The summed E-state index contributed by atoms with van der Waals surface area (Å²) in [5.74, 6) is -2.57. The number of hydrogen-bond donors (Lipinski definition) is 1. The van der Waals surface area contributed by atoms with Crippen molar-refractivity contribution in [2.24, 2.45) is 0 Å². The molecule has 0 atom stereocenters. The van der Waals surface area contributed by atoms with Gasteiger partial charge in [0.15, 0.2) is 0 Å². The third kappa shape index (κ3) is 2.80. The molecular formula is C14H8F2N4O2. The number of halogens is 2. The van der Waals surface area contributed by atoms with Crippen LogP contribution < -0.4 is 5.32 Å². The molecule has 0 aliphatic rings. The highest BCUT2D eigenvalue weighted by Crippen LogP contribution is 2.17. The molecule has 6 nitrogen and oxygen atoms in total. The molecule has 0 unspecified atom stereocenters. The van der Waals surface area contributed by atoms with Crippen LogP contribution in [0.3, 0.4) is 0 Å². The molecule has 3 aromatic rings. The van der Waals surface area contributed by atoms with Crippen molar-refractivity contribution in [3.8, 4) is 11.4 Å². The van der Waals surface area contributed by atoms with Crippen LogP contribution in [-0.2, 0) is 0 Å². The van der Waals surface area contributed by atoms with Crippen LogP contribution in [0.15, 0.2) is 47.2 Å². The largest absolute Gasteiger partial charge is 0.328 e. The van der Waals surface area contributed by atoms with Crippen LogP contribution in [0, 0.1) is 11.6 Å². The number of aromatic nitrogens is 3. The van der Waals surface area contributed by atoms with E-state index >= 15 is 0 Å². The number of anilines is 1. The highest BCUT2D eigenvalue weighted by molar-refractivity contribution is 6.01. The lowest BCUT2D eigenvalue weighted by Crippen LogP contribution is -2.13. The first-order valence-corrected chi connectivity index (χ1v) is 6.14. The second-order valence-electron chi connectivity index (χ2n) is 4.24. The summed E-state index contributed by atoms with van der Waals surface area (Å²) in [7, 11) is 0. The predicted octanol–water partition coefficient (Wildman–Crippen LogP) is 2.66. The number of nitrogens with one attached hydrogen (secondary N) is 1. The Kier molecular flexibility index (Phi) is 3.57. The van der Waals surface area contributed by atoms with Crippen molar-refractivity contribution in [1.29, 1.82) is 0 Å². The van der Waals surface area contributed by atoms with Crippen LogP contribution in [0.5, 0.6) is 0 Å². The minimum absolute atomic E-state index is 0.185. The van der Waals surface area contributed by atoms with E-state index in [4.69, 9.17) is 4.52 Å². The van der Waals surface area contributed by atoms with E-state index in [0.29, 0.717) is 11.6 Å². The van der Waals surface area contributed by atoms with E-state index < -0.39 is 17.5 Å². The number of benzene rings is 1. The van der Waals surface area contributed by atoms with Crippen LogP contribution >= 0.6 is 0 Å². The molecule has 0 radical (unpaired) electrons. The maximum atomic E-state index is 13.5. The number of amides is 1. The van der Waals surface area contributed by atoms with Crippen molar-refractivity contribution in [1.82, 2.24) is 15.1 Å². The quantitative estimate of drug-likeness (QED) is 0.804. The van der Waals surface area contributed by atoms with Gasteiger partial charge < -0.3 is 9.84 Å². The molecule has 0 fully saturated rings. The van der Waals surface area contributed by atoms with Crippen molar-refractivity contribution < 1.29 is 18.1 Å². The van der Waals surface area contributed by atoms with Crippen molar-refractivity contribution >= 4 is 11.6 Å². The maximum absolute atomic E-state index is 13.5. The molecule has 22 heavy (non-hydrogen) atoms. The average molecular weight is 302 g/mol. The zero-order valence-electron chi connectivity index (χ0n) is 11.0. The Bertz CT molecular complexity index is 821. The summed E-state index contributed by atoms with van der Waals surface area (Å²) in [5, 5.41) is 5.89. The second-order valence-corrected chi connectivity index (χ2v) is 4.24. The molecule has 0 saturated carbocycles. The Hall–Kier alpha value is -3.16. The lowest BCUT2D eigenvalue weighted by molar-refractivity contribution is 0.0981. The highest BCUT2D eigenvalue weighted by Gasteiger charge is 2.17. The van der Waals surface area contributed by atoms with Gasteiger partial charge in [-0.3, -0.25) is 9.78 Å². The van der Waals surface area contributed by atoms with Gasteiger partial charge in [0.1, 0.15) is 11.6 Å². The summed E-state index contributed by atoms with van der Waals surface area (Å²) < 4.78 is 31.1. The fourth-order valence-electron chi connectivity index (χ4n) is 1.70. The van der Waals surface area contributed by atoms with Gasteiger partial charge >= 0.3 is 11.8 Å². The summed E-state index contributed by atoms with van der Waals surface area (Å²) in [6, 6.07) is 6.07. The second kappa shape index (κ2) is 5.68. The third-order valence-electron chi connectivity index (χ3n) is 2.74. The maximum Gasteiger partial charge on any atom is 0.316 e. The van der Waals surface area contributed by atoms with Gasteiger partial charge in [-0.25, -0.2) is 8.78 Å². The molecular weight excluding hydrogens is 294 g/mol. The molecule has 0 aliphatic carbocycles. The fourth-order valence-corrected chi connectivity index (χ4v) is 1.70. The van der Waals surface area contributed by atoms with Gasteiger partial charge in [0, 0.05) is 24.0 Å². The van der Waals surface area contributed by atoms with E-state index in [0.717, 1.165) is 12.1 Å². The predicted molar refractivity (Wildman–Crippen MR) is 71.8 cm³/mol. The molecule has 1 aromatic carbocycles. The van der Waals surface area contributed by atoms with Gasteiger partial charge in [-0.2, -0.15) is 4.98 Å². The van der Waals surface area contributed by atoms with Crippen molar-refractivity contribution in [3.63, 3.8) is 0 Å². The third-order valence-corrected chi connectivity index (χ3v) is 2.74. The standard InChI is InChI=1S/C14H8F2N4O2/c15-9-1-2-11(10(16)7-9)18-13(21)14-19-12(20-22-14)8-3-5-17-6-4-8/h1-7H,(H,18,21). The van der Waals surface area contributed by atoms with Crippen molar-refractivity contribution in [2.75, 3.05) is 5.32 Å². The SMILES string of the molecule is O=C(Nc1ccc(F)cc1F)c1nc(-c2ccncc2)no1. The molecule has 0 aliphatic heterocycles. The van der Waals surface area contributed by atoms with Crippen LogP contribution in [0.4, 0.5) is 14.5 Å². The minimum atomic E-state index is -0.901. The lowest BCUT2D eigenvalue weighted by Gasteiger charge is -2.03. The molecule has 2 aromatic heterocycles. The summed E-state index contributed by atoms with van der Waals surface area (Å²) in [6.45, 7) is 0. The van der Waals surface area contributed by atoms with Gasteiger partial charge in [-0.05, 0) is 24.3 Å². The fraction of sp³-hybridized carbons (Fsp3) is 0. The highest BCUT2D eigenvalue weighted by atomic mass is 19.1. The molecule has 3 rings (SSSR count). The molecule has 0 spiro atoms. The number of carbonyl (C=O) groups excluding carboxylic acids is 1. The van der Waals surface area contributed by atoms with Crippen LogP contribution in [0.2, 0.25) is 0 Å². The summed E-state index contributed by atoms with van der Waals surface area (Å²) in [4.78, 5) is 19.7. The molecule has 2 heterocycles. The van der Waals surface area contributed by atoms with E-state index in [-0.39, 0.29) is 17.4 Å². The Balaban J connectivity index is 1.80. The number of carbonyl (C=O) groups is 1. The van der Waals surface area contributed by atoms with E-state index in [9.17, 15) is 13.6 Å². The molecule has 110 valence electrons. The van der Waals surface area contributed by atoms with Gasteiger partial charge in [0.2, 0.25) is 5.82 Å². The normalized spacial score (nSPS) is 10.5. The van der Waals surface area contributed by atoms with Crippen LogP contribution in [-0.4, -0.2) is 21.0 Å². The lowest BCUT2D eigenvalue weighted by atomic mass is 10.2. The first-order chi connectivity index (χ1) is 10.6. The summed E-state index contributed by atoms with van der Waals surface area (Å²) in [6.07, 6.45) is 3.08. The van der Waals surface area contributed by atoms with Gasteiger partial charge in [0.05, 0.1) is 5.69 Å². The smallest absolute Gasteiger partial charge is 0.316 e. The van der Waals surface area contributed by atoms with E-state index in [1.807, 2.05) is 0 Å². The topological polar surface area (TPSA) is 80.9 Å². The van der Waals surface area contributed by atoms with Gasteiger partial charge in [-0.15, -0.1) is 0 Å². The number of rotatable bonds is 3. The van der Waals surface area contributed by atoms with E-state index in [1.165, 1.54) is 0 Å². The Morgan fingerprint density at radius 1 is 1.14 bits per heavy atom. The zero-order valence-corrected chi connectivity index (χ0v) is 11.0. The van der Waals surface area contributed by atoms with Crippen LogP contribution in [0.1, 0.15) is 10.7 Å². The first kappa shape index (κ1) is 13.8. The first-order valence-electron chi connectivity index (χ1n) is 6.14. The van der Waals surface area contributed by atoms with E-state index in [1.54, 1.807) is 24.5 Å². The molecule has 0 bridgehead atoms. The number of nitrogens with zero attached hydrogens (tertiary/aromatic N) is 3. The van der Waals surface area contributed by atoms with Crippen molar-refractivity contribution in [3.05, 3.63) is 60.3 Å². The summed E-state index contributed by atoms with van der Waals surface area (Å²) >= 11 is 0. The monoisotopic (exact) mass is 302 g/mol. The Labute approximate surface area is 122 Å². The molecule has 8 heteroatoms. The zero-order chi connectivity index (χ0) is 15.5. The molecule has 0 saturated heterocycles. The average Bonchev–Trinajstić information content (AvgIpc) is 3.01.